The summed E-state index contributed by atoms with van der Waals surface area (Å²) in [6.07, 6.45) is 7.03. The Morgan fingerprint density at radius 1 is 1.24 bits per heavy atom. The maximum absolute atomic E-state index is 13.8. The Morgan fingerprint density at radius 2 is 2.03 bits per heavy atom. The molecule has 0 radical (unpaired) electrons. The van der Waals surface area contributed by atoms with Gasteiger partial charge < -0.3 is 19.3 Å². The number of methoxy groups -OCH3 is 1. The summed E-state index contributed by atoms with van der Waals surface area (Å²) < 4.78 is 8.05. The lowest BCUT2D eigenvalue weighted by atomic mass is 9.85. The highest BCUT2D eigenvalue weighted by Gasteiger charge is 2.35. The molecule has 4 atom stereocenters. The molecular formula is C33H42N2O3. The quantitative estimate of drug-likeness (QED) is 0.336. The molecule has 1 amide bonds. The van der Waals surface area contributed by atoms with Crippen LogP contribution >= 0.6 is 0 Å². The van der Waals surface area contributed by atoms with E-state index in [1.807, 2.05) is 18.0 Å². The molecule has 1 fully saturated rings. The van der Waals surface area contributed by atoms with Crippen LogP contribution in [0.4, 0.5) is 0 Å². The van der Waals surface area contributed by atoms with Gasteiger partial charge in [-0.2, -0.15) is 0 Å². The first-order valence-electron chi connectivity index (χ1n) is 14.3. The summed E-state index contributed by atoms with van der Waals surface area (Å²) in [7, 11) is 3.75. The molecule has 3 aromatic rings. The number of amides is 1. The van der Waals surface area contributed by atoms with Crippen LogP contribution in [0.3, 0.4) is 0 Å². The van der Waals surface area contributed by atoms with Crippen LogP contribution < -0.4 is 0 Å². The number of likely N-dealkylation sites (N-methyl/N-ethyl adjacent to an activating group) is 1. The smallest absolute Gasteiger partial charge is 0.225 e. The summed E-state index contributed by atoms with van der Waals surface area (Å²) in [5, 5.41) is 11.5. The summed E-state index contributed by atoms with van der Waals surface area (Å²) >= 11 is 0. The molecule has 1 aromatic heterocycles. The van der Waals surface area contributed by atoms with E-state index >= 15 is 0 Å². The van der Waals surface area contributed by atoms with Crippen molar-refractivity contribution in [2.45, 2.75) is 83.4 Å². The van der Waals surface area contributed by atoms with Crippen molar-refractivity contribution >= 4 is 22.6 Å². The molecule has 1 aliphatic heterocycles. The number of carbonyl (C=O) groups excluding carboxylic acids is 1. The maximum Gasteiger partial charge on any atom is 0.225 e. The molecule has 1 N–H and O–H groups in total. The van der Waals surface area contributed by atoms with E-state index in [2.05, 4.69) is 61.4 Å². The average molecular weight is 515 g/mol. The minimum atomic E-state index is 0.0162. The molecule has 38 heavy (non-hydrogen) atoms. The highest BCUT2D eigenvalue weighted by atomic mass is 16.5. The van der Waals surface area contributed by atoms with Crippen molar-refractivity contribution in [2.24, 2.45) is 5.92 Å². The van der Waals surface area contributed by atoms with Gasteiger partial charge in [0, 0.05) is 48.6 Å². The monoisotopic (exact) mass is 514 g/mol. The van der Waals surface area contributed by atoms with Gasteiger partial charge in [-0.05, 0) is 55.2 Å². The average Bonchev–Trinajstić information content (AvgIpc) is 3.14. The summed E-state index contributed by atoms with van der Waals surface area (Å²) in [6, 6.07) is 14.9. The van der Waals surface area contributed by atoms with Crippen molar-refractivity contribution in [1.29, 1.82) is 0 Å². The minimum absolute atomic E-state index is 0.0162. The second-order valence-corrected chi connectivity index (χ2v) is 11.4. The van der Waals surface area contributed by atoms with E-state index in [0.29, 0.717) is 12.5 Å². The van der Waals surface area contributed by atoms with Gasteiger partial charge in [-0.15, -0.1) is 0 Å². The van der Waals surface area contributed by atoms with Gasteiger partial charge in [0.2, 0.25) is 5.91 Å². The van der Waals surface area contributed by atoms with Gasteiger partial charge in [0.25, 0.3) is 0 Å². The molecular weight excluding hydrogens is 472 g/mol. The zero-order valence-corrected chi connectivity index (χ0v) is 23.4. The van der Waals surface area contributed by atoms with E-state index in [4.69, 9.17) is 4.74 Å². The lowest BCUT2D eigenvalue weighted by molar-refractivity contribution is -0.139. The number of aliphatic hydroxyl groups excluding tert-OH is 1. The zero-order valence-electron chi connectivity index (χ0n) is 23.4. The van der Waals surface area contributed by atoms with Crippen LogP contribution in [-0.2, 0) is 22.5 Å². The largest absolute Gasteiger partial charge is 0.508 e. The van der Waals surface area contributed by atoms with Crippen LogP contribution in [0.1, 0.15) is 75.0 Å². The maximum atomic E-state index is 13.8. The fraction of sp³-hybridized carbons (Fsp3) is 0.485. The third-order valence-electron chi connectivity index (χ3n) is 8.98. The van der Waals surface area contributed by atoms with Gasteiger partial charge in [-0.3, -0.25) is 4.79 Å². The van der Waals surface area contributed by atoms with Crippen LogP contribution in [0.5, 0.6) is 0 Å². The summed E-state index contributed by atoms with van der Waals surface area (Å²) in [4.78, 5) is 15.8. The lowest BCUT2D eigenvalue weighted by Crippen LogP contribution is -2.45. The Kier molecular flexibility index (Phi) is 7.67. The van der Waals surface area contributed by atoms with Gasteiger partial charge in [0.15, 0.2) is 0 Å². The number of benzene rings is 2. The van der Waals surface area contributed by atoms with E-state index in [1.165, 1.54) is 27.8 Å². The SMILES string of the molecule is C=C(O)c1ccc2c(C(C)CCC)c3n(c2c1)CC(N(C)C(=O)C1CCCC(OC)C1)Cc1ccccc1-3. The van der Waals surface area contributed by atoms with Gasteiger partial charge in [-0.1, -0.05) is 69.7 Å². The second-order valence-electron chi connectivity index (χ2n) is 11.4. The normalized spacial score (nSPS) is 21.8. The molecule has 0 bridgehead atoms. The summed E-state index contributed by atoms with van der Waals surface area (Å²) in [6.45, 7) is 9.06. The number of nitrogens with zero attached hydrogens (tertiary/aromatic N) is 2. The molecule has 0 saturated heterocycles. The van der Waals surface area contributed by atoms with E-state index in [0.717, 1.165) is 56.0 Å². The Hall–Kier alpha value is -3.05. The number of rotatable bonds is 7. The molecule has 1 aliphatic carbocycles. The number of hydrogen-bond donors (Lipinski definition) is 1. The fourth-order valence-electron chi connectivity index (χ4n) is 6.88. The van der Waals surface area contributed by atoms with Crippen LogP contribution in [0.2, 0.25) is 0 Å². The first kappa shape index (κ1) is 26.6. The molecule has 2 aliphatic rings. The van der Waals surface area contributed by atoms with Crippen molar-refractivity contribution in [3.63, 3.8) is 0 Å². The van der Waals surface area contributed by atoms with Crippen molar-refractivity contribution in [2.75, 3.05) is 14.2 Å². The fourth-order valence-corrected chi connectivity index (χ4v) is 6.88. The van der Waals surface area contributed by atoms with E-state index in [-0.39, 0.29) is 29.7 Å². The number of aliphatic hydroxyl groups is 1. The first-order chi connectivity index (χ1) is 18.3. The highest BCUT2D eigenvalue weighted by Crippen LogP contribution is 2.44. The van der Waals surface area contributed by atoms with Crippen LogP contribution in [-0.4, -0.2) is 46.8 Å². The van der Waals surface area contributed by atoms with Crippen molar-refractivity contribution in [3.8, 4) is 11.3 Å². The van der Waals surface area contributed by atoms with E-state index in [1.54, 1.807) is 7.11 Å². The molecule has 5 rings (SSSR count). The molecule has 2 heterocycles. The van der Waals surface area contributed by atoms with Gasteiger partial charge in [-0.25, -0.2) is 0 Å². The third kappa shape index (κ3) is 4.77. The number of ether oxygens (including phenoxy) is 1. The summed E-state index contributed by atoms with van der Waals surface area (Å²) in [5.74, 6) is 0.716. The predicted octanol–water partition coefficient (Wildman–Crippen LogP) is 7.33. The minimum Gasteiger partial charge on any atom is -0.508 e. The standard InChI is InChI=1S/C33H42N2O3/c1-6-10-21(2)31-29-16-15-23(22(3)36)19-30(29)35-20-26(17-24-11-7-8-14-28(24)32(31)35)34(4)33(37)25-12-9-13-27(18-25)38-5/h7-8,11,14-16,19,21,25-27,36H,3,6,9-10,12-13,17-18,20H2,1-2,4-5H3. The number of hydrogen-bond acceptors (Lipinski definition) is 3. The topological polar surface area (TPSA) is 54.7 Å². The molecule has 1 saturated carbocycles. The Bertz CT molecular complexity index is 1340. The molecule has 2 aromatic carbocycles. The molecule has 0 spiro atoms. The number of fused-ring (bicyclic) bond motifs is 5. The van der Waals surface area contributed by atoms with Gasteiger partial charge in [0.1, 0.15) is 5.76 Å². The van der Waals surface area contributed by atoms with Crippen LogP contribution in [0, 0.1) is 5.92 Å². The summed E-state index contributed by atoms with van der Waals surface area (Å²) in [5.41, 5.74) is 7.01. The van der Waals surface area contributed by atoms with Crippen molar-refractivity contribution < 1.29 is 14.6 Å². The first-order valence-corrected chi connectivity index (χ1v) is 14.3. The number of aromatic nitrogens is 1. The molecule has 4 unspecified atom stereocenters. The number of carbonyl (C=O) groups is 1. The van der Waals surface area contributed by atoms with Crippen molar-refractivity contribution in [1.82, 2.24) is 9.47 Å². The van der Waals surface area contributed by atoms with Crippen LogP contribution in [0.15, 0.2) is 49.0 Å². The highest BCUT2D eigenvalue weighted by molar-refractivity contribution is 5.95. The third-order valence-corrected chi connectivity index (χ3v) is 8.98. The van der Waals surface area contributed by atoms with Crippen molar-refractivity contribution in [3.05, 3.63) is 65.7 Å². The van der Waals surface area contributed by atoms with Gasteiger partial charge in [0.05, 0.1) is 17.8 Å². The van der Waals surface area contributed by atoms with E-state index in [9.17, 15) is 9.90 Å². The Morgan fingerprint density at radius 3 is 2.76 bits per heavy atom. The molecule has 202 valence electrons. The van der Waals surface area contributed by atoms with E-state index < -0.39 is 0 Å². The second kappa shape index (κ2) is 11.0. The Balaban J connectivity index is 1.64. The molecule has 5 heteroatoms. The predicted molar refractivity (Wildman–Crippen MR) is 155 cm³/mol. The van der Waals surface area contributed by atoms with Crippen LogP contribution in [0.25, 0.3) is 27.9 Å². The Labute approximate surface area is 227 Å². The lowest BCUT2D eigenvalue weighted by Gasteiger charge is -2.34. The zero-order chi connectivity index (χ0) is 27.0. The molecule has 5 nitrogen and oxygen atoms in total. The van der Waals surface area contributed by atoms with Gasteiger partial charge >= 0.3 is 0 Å².